The first-order valence-corrected chi connectivity index (χ1v) is 8.98. The molecule has 27 heavy (non-hydrogen) atoms. The van der Waals surface area contributed by atoms with Crippen LogP contribution >= 0.6 is 12.2 Å². The maximum atomic E-state index is 12.4. The highest BCUT2D eigenvalue weighted by Crippen LogP contribution is 2.28. The van der Waals surface area contributed by atoms with Crippen LogP contribution in [0, 0.1) is 0 Å². The fourth-order valence-electron chi connectivity index (χ4n) is 2.23. The zero-order valence-corrected chi connectivity index (χ0v) is 16.7. The van der Waals surface area contributed by atoms with Gasteiger partial charge in [0, 0.05) is 11.6 Å². The van der Waals surface area contributed by atoms with Crippen LogP contribution in [0.15, 0.2) is 42.5 Å². The Labute approximate surface area is 164 Å². The van der Waals surface area contributed by atoms with Crippen molar-refractivity contribution in [2.24, 2.45) is 0 Å². The number of methoxy groups -OCH3 is 2. The number of nitrogens with one attached hydrogen (secondary N) is 2. The molecule has 0 fully saturated rings. The van der Waals surface area contributed by atoms with Gasteiger partial charge in [-0.2, -0.15) is 0 Å². The predicted molar refractivity (Wildman–Crippen MR) is 110 cm³/mol. The molecule has 0 aromatic heterocycles. The quantitative estimate of drug-likeness (QED) is 0.699. The van der Waals surface area contributed by atoms with E-state index in [1.54, 1.807) is 56.7 Å². The summed E-state index contributed by atoms with van der Waals surface area (Å²) in [6, 6.07) is 12.2. The van der Waals surface area contributed by atoms with Gasteiger partial charge in [0.05, 0.1) is 26.0 Å². The van der Waals surface area contributed by atoms with Gasteiger partial charge in [0.15, 0.2) is 5.11 Å². The highest BCUT2D eigenvalue weighted by molar-refractivity contribution is 7.80. The normalized spacial score (nSPS) is 11.3. The van der Waals surface area contributed by atoms with E-state index in [2.05, 4.69) is 17.6 Å². The second-order valence-electron chi connectivity index (χ2n) is 5.84. The number of carbonyl (C=O) groups is 1. The Morgan fingerprint density at radius 3 is 2.33 bits per heavy atom. The second kappa shape index (κ2) is 9.78. The SMILES string of the molecule is CC[C@H](C)Oc1ccc(C(=O)NC(=S)Nc2ccc(OC)cc2OC)cc1. The van der Waals surface area contributed by atoms with Crippen LogP contribution in [0.25, 0.3) is 0 Å². The van der Waals surface area contributed by atoms with Gasteiger partial charge >= 0.3 is 0 Å². The second-order valence-corrected chi connectivity index (χ2v) is 6.24. The Morgan fingerprint density at radius 2 is 1.74 bits per heavy atom. The third-order valence-corrected chi connectivity index (χ3v) is 4.12. The van der Waals surface area contributed by atoms with E-state index in [9.17, 15) is 4.79 Å². The lowest BCUT2D eigenvalue weighted by Gasteiger charge is -2.14. The van der Waals surface area contributed by atoms with Crippen LogP contribution in [-0.2, 0) is 0 Å². The molecule has 0 aliphatic heterocycles. The Hall–Kier alpha value is -2.80. The minimum Gasteiger partial charge on any atom is -0.497 e. The van der Waals surface area contributed by atoms with E-state index in [1.165, 1.54) is 0 Å². The van der Waals surface area contributed by atoms with Crippen LogP contribution in [-0.4, -0.2) is 31.3 Å². The molecule has 0 unspecified atom stereocenters. The van der Waals surface area contributed by atoms with Crippen LogP contribution in [0.4, 0.5) is 5.69 Å². The summed E-state index contributed by atoms with van der Waals surface area (Å²) in [7, 11) is 3.12. The highest BCUT2D eigenvalue weighted by atomic mass is 32.1. The molecule has 0 bridgehead atoms. The van der Waals surface area contributed by atoms with Crippen LogP contribution in [0.1, 0.15) is 30.6 Å². The van der Waals surface area contributed by atoms with Crippen molar-refractivity contribution in [1.82, 2.24) is 5.32 Å². The Balaban J connectivity index is 1.98. The standard InChI is InChI=1S/C20H24N2O4S/c1-5-13(2)26-15-8-6-14(7-9-15)19(23)22-20(27)21-17-11-10-16(24-3)12-18(17)25-4/h6-13H,5H2,1-4H3,(H2,21,22,23,27)/t13-/m0/s1. The molecule has 144 valence electrons. The summed E-state index contributed by atoms with van der Waals surface area (Å²) in [5.41, 5.74) is 1.11. The molecule has 6 nitrogen and oxygen atoms in total. The van der Waals surface area contributed by atoms with E-state index < -0.39 is 0 Å². The lowest BCUT2D eigenvalue weighted by atomic mass is 10.2. The molecule has 2 N–H and O–H groups in total. The van der Waals surface area contributed by atoms with Crippen molar-refractivity contribution in [3.05, 3.63) is 48.0 Å². The summed E-state index contributed by atoms with van der Waals surface area (Å²) in [6.07, 6.45) is 1.04. The molecule has 0 heterocycles. The molecule has 1 amide bonds. The van der Waals surface area contributed by atoms with Crippen molar-refractivity contribution in [2.75, 3.05) is 19.5 Å². The lowest BCUT2D eigenvalue weighted by molar-refractivity contribution is 0.0977. The van der Waals surface area contributed by atoms with Gasteiger partial charge in [-0.3, -0.25) is 10.1 Å². The number of hydrogen-bond acceptors (Lipinski definition) is 5. The zero-order chi connectivity index (χ0) is 19.8. The molecule has 2 aromatic carbocycles. The topological polar surface area (TPSA) is 68.8 Å². The number of thiocarbonyl (C=S) groups is 1. The van der Waals surface area contributed by atoms with Crippen molar-refractivity contribution < 1.29 is 19.0 Å². The smallest absolute Gasteiger partial charge is 0.257 e. The van der Waals surface area contributed by atoms with Gasteiger partial charge in [-0.05, 0) is 62.0 Å². The molecule has 2 aromatic rings. The van der Waals surface area contributed by atoms with Gasteiger partial charge in [0.2, 0.25) is 0 Å². The third kappa shape index (κ3) is 5.86. The first-order valence-electron chi connectivity index (χ1n) is 8.57. The maximum Gasteiger partial charge on any atom is 0.257 e. The van der Waals surface area contributed by atoms with Crippen LogP contribution in [0.2, 0.25) is 0 Å². The van der Waals surface area contributed by atoms with Gasteiger partial charge in [-0.25, -0.2) is 0 Å². The van der Waals surface area contributed by atoms with E-state index >= 15 is 0 Å². The molecule has 0 radical (unpaired) electrons. The van der Waals surface area contributed by atoms with Gasteiger partial charge in [0.25, 0.3) is 5.91 Å². The summed E-state index contributed by atoms with van der Waals surface area (Å²) < 4.78 is 16.2. The molecule has 0 saturated heterocycles. The fraction of sp³-hybridized carbons (Fsp3) is 0.300. The number of ether oxygens (including phenoxy) is 3. The number of anilines is 1. The summed E-state index contributed by atoms with van der Waals surface area (Å²) in [6.45, 7) is 4.05. The van der Waals surface area contributed by atoms with Crippen molar-refractivity contribution in [2.45, 2.75) is 26.4 Å². The third-order valence-electron chi connectivity index (χ3n) is 3.91. The molecular weight excluding hydrogens is 364 g/mol. The fourth-order valence-corrected chi connectivity index (χ4v) is 2.43. The first kappa shape index (κ1) is 20.5. The van der Waals surface area contributed by atoms with Crippen molar-refractivity contribution in [3.8, 4) is 17.2 Å². The lowest BCUT2D eigenvalue weighted by Crippen LogP contribution is -2.34. The van der Waals surface area contributed by atoms with Gasteiger partial charge in [-0.1, -0.05) is 6.92 Å². The maximum absolute atomic E-state index is 12.4. The van der Waals surface area contributed by atoms with Crippen molar-refractivity contribution in [3.63, 3.8) is 0 Å². The number of hydrogen-bond donors (Lipinski definition) is 2. The van der Waals surface area contributed by atoms with E-state index in [1.807, 2.05) is 6.92 Å². The summed E-state index contributed by atoms with van der Waals surface area (Å²) >= 11 is 5.23. The molecule has 0 aliphatic rings. The largest absolute Gasteiger partial charge is 0.497 e. The average molecular weight is 388 g/mol. The van der Waals surface area contributed by atoms with E-state index in [4.69, 9.17) is 26.4 Å². The number of rotatable bonds is 7. The molecule has 0 saturated carbocycles. The average Bonchev–Trinajstić information content (AvgIpc) is 2.68. The predicted octanol–water partition coefficient (Wildman–Crippen LogP) is 4.01. The van der Waals surface area contributed by atoms with Crippen molar-refractivity contribution >= 4 is 28.9 Å². The molecule has 1 atom stereocenters. The molecular formula is C20H24N2O4S. The van der Waals surface area contributed by atoms with E-state index in [0.717, 1.165) is 12.2 Å². The van der Waals surface area contributed by atoms with Crippen LogP contribution in [0.5, 0.6) is 17.2 Å². The highest BCUT2D eigenvalue weighted by Gasteiger charge is 2.11. The van der Waals surface area contributed by atoms with Crippen LogP contribution < -0.4 is 24.8 Å². The Bertz CT molecular complexity index is 793. The zero-order valence-electron chi connectivity index (χ0n) is 15.9. The summed E-state index contributed by atoms with van der Waals surface area (Å²) in [4.78, 5) is 12.4. The van der Waals surface area contributed by atoms with Crippen LogP contribution in [0.3, 0.4) is 0 Å². The number of benzene rings is 2. The van der Waals surface area contributed by atoms with Gasteiger partial charge in [0.1, 0.15) is 17.2 Å². The van der Waals surface area contributed by atoms with Gasteiger partial charge < -0.3 is 19.5 Å². The number of carbonyl (C=O) groups excluding carboxylic acids is 1. The summed E-state index contributed by atoms with van der Waals surface area (Å²) in [5.74, 6) is 1.63. The first-order chi connectivity index (χ1) is 13.0. The monoisotopic (exact) mass is 388 g/mol. The Kier molecular flexibility index (Phi) is 7.43. The molecule has 0 spiro atoms. The molecule has 2 rings (SSSR count). The minimum absolute atomic E-state index is 0.126. The minimum atomic E-state index is -0.310. The van der Waals surface area contributed by atoms with E-state index in [-0.39, 0.29) is 17.1 Å². The molecule has 7 heteroatoms. The van der Waals surface area contributed by atoms with E-state index in [0.29, 0.717) is 22.7 Å². The summed E-state index contributed by atoms with van der Waals surface area (Å²) in [5, 5.41) is 5.77. The Morgan fingerprint density at radius 1 is 1.07 bits per heavy atom. The molecule has 0 aliphatic carbocycles. The van der Waals surface area contributed by atoms with Crippen molar-refractivity contribution in [1.29, 1.82) is 0 Å². The number of amides is 1. The van der Waals surface area contributed by atoms with Gasteiger partial charge in [-0.15, -0.1) is 0 Å².